The Kier molecular flexibility index (Phi) is 4.97. The molecule has 0 radical (unpaired) electrons. The van der Waals surface area contributed by atoms with Gasteiger partial charge in [0, 0.05) is 31.0 Å². The van der Waals surface area contributed by atoms with Gasteiger partial charge in [-0.15, -0.1) is 0 Å². The minimum Gasteiger partial charge on any atom is -0.311 e. The Labute approximate surface area is 151 Å². The van der Waals surface area contributed by atoms with Crippen LogP contribution in [0.1, 0.15) is 27.9 Å². The molecule has 1 atom stereocenters. The molecule has 3 amide bonds. The van der Waals surface area contributed by atoms with Crippen molar-refractivity contribution in [2.24, 2.45) is 5.92 Å². The number of carbonyl (C=O) groups is 3. The smallest absolute Gasteiger partial charge is 0.271 e. The molecule has 2 N–H and O–H groups in total. The van der Waals surface area contributed by atoms with E-state index in [4.69, 9.17) is 0 Å². The molecular formula is C19H20N4O3. The van der Waals surface area contributed by atoms with Crippen LogP contribution >= 0.6 is 0 Å². The van der Waals surface area contributed by atoms with Crippen LogP contribution in [0.25, 0.3) is 0 Å². The highest BCUT2D eigenvalue weighted by molar-refractivity contribution is 6.01. The number of hydrazine groups is 1. The zero-order chi connectivity index (χ0) is 18.7. The Hall–Kier alpha value is -3.22. The van der Waals surface area contributed by atoms with E-state index in [9.17, 15) is 14.4 Å². The monoisotopic (exact) mass is 352 g/mol. The van der Waals surface area contributed by atoms with Crippen molar-refractivity contribution in [2.45, 2.75) is 20.3 Å². The van der Waals surface area contributed by atoms with E-state index in [1.807, 2.05) is 32.0 Å². The van der Waals surface area contributed by atoms with Gasteiger partial charge in [-0.1, -0.05) is 12.1 Å². The molecule has 1 unspecified atom stereocenters. The van der Waals surface area contributed by atoms with Gasteiger partial charge in [-0.3, -0.25) is 30.2 Å². The Morgan fingerprint density at radius 1 is 1.15 bits per heavy atom. The van der Waals surface area contributed by atoms with Gasteiger partial charge < -0.3 is 4.90 Å². The van der Waals surface area contributed by atoms with Crippen molar-refractivity contribution in [3.05, 3.63) is 59.4 Å². The summed E-state index contributed by atoms with van der Waals surface area (Å²) < 4.78 is 0. The first kappa shape index (κ1) is 17.6. The van der Waals surface area contributed by atoms with Crippen molar-refractivity contribution in [3.8, 4) is 0 Å². The summed E-state index contributed by atoms with van der Waals surface area (Å²) in [5.74, 6) is -1.46. The number of anilines is 1. The summed E-state index contributed by atoms with van der Waals surface area (Å²) in [7, 11) is 0. The number of hydrogen-bond acceptors (Lipinski definition) is 4. The van der Waals surface area contributed by atoms with Crippen molar-refractivity contribution in [3.63, 3.8) is 0 Å². The summed E-state index contributed by atoms with van der Waals surface area (Å²) in [6.07, 6.45) is 3.08. The van der Waals surface area contributed by atoms with Crippen LogP contribution in [0.3, 0.4) is 0 Å². The highest BCUT2D eigenvalue weighted by Gasteiger charge is 2.35. The lowest BCUT2D eigenvalue weighted by atomic mass is 10.1. The number of benzene rings is 1. The number of hydrogen-bond donors (Lipinski definition) is 2. The summed E-state index contributed by atoms with van der Waals surface area (Å²) in [6.45, 7) is 4.23. The maximum absolute atomic E-state index is 12.4. The van der Waals surface area contributed by atoms with Crippen molar-refractivity contribution in [1.29, 1.82) is 0 Å². The van der Waals surface area contributed by atoms with Crippen LogP contribution in [0.5, 0.6) is 0 Å². The molecule has 1 aliphatic heterocycles. The molecule has 3 rings (SSSR count). The van der Waals surface area contributed by atoms with Crippen LogP contribution in [-0.2, 0) is 9.59 Å². The van der Waals surface area contributed by atoms with Crippen molar-refractivity contribution >= 4 is 23.4 Å². The third-order valence-electron chi connectivity index (χ3n) is 4.59. The Bertz CT molecular complexity index is 851. The summed E-state index contributed by atoms with van der Waals surface area (Å²) >= 11 is 0. The molecule has 0 aliphatic carbocycles. The number of nitrogens with zero attached hydrogens (tertiary/aromatic N) is 2. The standard InChI is InChI=1S/C19H20N4O3/c1-12-5-3-7-16(13(12)2)23-11-15(9-17(23)24)19(26)22-21-18(25)14-6-4-8-20-10-14/h3-8,10,15H,9,11H2,1-2H3,(H,21,25)(H,22,26). The molecule has 0 saturated carbocycles. The van der Waals surface area contributed by atoms with Crippen LogP contribution in [0.4, 0.5) is 5.69 Å². The number of aryl methyl sites for hydroxylation is 1. The van der Waals surface area contributed by atoms with Crippen LogP contribution < -0.4 is 15.8 Å². The lowest BCUT2D eigenvalue weighted by Crippen LogP contribution is -2.45. The number of aromatic nitrogens is 1. The van der Waals surface area contributed by atoms with Gasteiger partial charge in [0.2, 0.25) is 11.8 Å². The fraction of sp³-hybridized carbons (Fsp3) is 0.263. The molecule has 7 nitrogen and oxygen atoms in total. The summed E-state index contributed by atoms with van der Waals surface area (Å²) in [5.41, 5.74) is 8.03. The average Bonchev–Trinajstić information content (AvgIpc) is 3.04. The SMILES string of the molecule is Cc1cccc(N2CC(C(=O)NNC(=O)c3cccnc3)CC2=O)c1C. The minimum absolute atomic E-state index is 0.0996. The Balaban J connectivity index is 1.62. The molecule has 0 spiro atoms. The molecule has 1 fully saturated rings. The Morgan fingerprint density at radius 2 is 1.96 bits per heavy atom. The molecule has 1 aromatic carbocycles. The summed E-state index contributed by atoms with van der Waals surface area (Å²) in [6, 6.07) is 8.99. The summed E-state index contributed by atoms with van der Waals surface area (Å²) in [4.78, 5) is 42.1. The van der Waals surface area contributed by atoms with Crippen LogP contribution in [0, 0.1) is 19.8 Å². The van der Waals surface area contributed by atoms with E-state index in [2.05, 4.69) is 15.8 Å². The van der Waals surface area contributed by atoms with Gasteiger partial charge in [-0.05, 0) is 43.2 Å². The second kappa shape index (κ2) is 7.35. The van der Waals surface area contributed by atoms with Gasteiger partial charge in [0.15, 0.2) is 0 Å². The largest absolute Gasteiger partial charge is 0.311 e. The molecule has 2 aromatic rings. The maximum Gasteiger partial charge on any atom is 0.271 e. The van der Waals surface area contributed by atoms with Gasteiger partial charge in [-0.25, -0.2) is 0 Å². The number of nitrogens with one attached hydrogen (secondary N) is 2. The normalized spacial score (nSPS) is 16.5. The van der Waals surface area contributed by atoms with Crippen LogP contribution in [-0.4, -0.2) is 29.3 Å². The fourth-order valence-electron chi connectivity index (χ4n) is 2.93. The van der Waals surface area contributed by atoms with E-state index >= 15 is 0 Å². The molecule has 134 valence electrons. The Morgan fingerprint density at radius 3 is 2.69 bits per heavy atom. The number of carbonyl (C=O) groups excluding carboxylic acids is 3. The highest BCUT2D eigenvalue weighted by Crippen LogP contribution is 2.29. The molecule has 1 aliphatic rings. The van der Waals surface area contributed by atoms with Gasteiger partial charge >= 0.3 is 0 Å². The summed E-state index contributed by atoms with van der Waals surface area (Å²) in [5, 5.41) is 0. The highest BCUT2D eigenvalue weighted by atomic mass is 16.2. The van der Waals surface area contributed by atoms with Gasteiger partial charge in [-0.2, -0.15) is 0 Å². The lowest BCUT2D eigenvalue weighted by molar-refractivity contribution is -0.126. The number of rotatable bonds is 3. The van der Waals surface area contributed by atoms with Crippen LogP contribution in [0.15, 0.2) is 42.7 Å². The second-order valence-electron chi connectivity index (χ2n) is 6.31. The zero-order valence-electron chi connectivity index (χ0n) is 14.7. The third kappa shape index (κ3) is 3.56. The van der Waals surface area contributed by atoms with E-state index in [0.717, 1.165) is 16.8 Å². The number of pyridine rings is 1. The van der Waals surface area contributed by atoms with Gasteiger partial charge in [0.05, 0.1) is 11.5 Å². The van der Waals surface area contributed by atoms with Gasteiger partial charge in [0.25, 0.3) is 5.91 Å². The third-order valence-corrected chi connectivity index (χ3v) is 4.59. The molecule has 1 saturated heterocycles. The fourth-order valence-corrected chi connectivity index (χ4v) is 2.93. The first-order valence-corrected chi connectivity index (χ1v) is 8.34. The molecule has 1 aromatic heterocycles. The predicted molar refractivity (Wildman–Crippen MR) is 96.2 cm³/mol. The maximum atomic E-state index is 12.4. The topological polar surface area (TPSA) is 91.4 Å². The molecular weight excluding hydrogens is 332 g/mol. The van der Waals surface area contributed by atoms with Crippen molar-refractivity contribution < 1.29 is 14.4 Å². The van der Waals surface area contributed by atoms with Crippen LogP contribution in [0.2, 0.25) is 0 Å². The molecule has 2 heterocycles. The average molecular weight is 352 g/mol. The van der Waals surface area contributed by atoms with E-state index in [0.29, 0.717) is 5.56 Å². The van der Waals surface area contributed by atoms with E-state index < -0.39 is 11.8 Å². The predicted octanol–water partition coefficient (Wildman–Crippen LogP) is 1.51. The quantitative estimate of drug-likeness (QED) is 0.819. The number of amides is 3. The molecule has 0 bridgehead atoms. The first-order valence-electron chi connectivity index (χ1n) is 8.34. The minimum atomic E-state index is -0.517. The van der Waals surface area contributed by atoms with Gasteiger partial charge in [0.1, 0.15) is 0 Å². The van der Waals surface area contributed by atoms with E-state index in [1.54, 1.807) is 23.2 Å². The van der Waals surface area contributed by atoms with E-state index in [-0.39, 0.29) is 24.8 Å². The second-order valence-corrected chi connectivity index (χ2v) is 6.31. The lowest BCUT2D eigenvalue weighted by Gasteiger charge is -2.20. The zero-order valence-corrected chi connectivity index (χ0v) is 14.7. The molecule has 26 heavy (non-hydrogen) atoms. The van der Waals surface area contributed by atoms with Crippen molar-refractivity contribution in [2.75, 3.05) is 11.4 Å². The molecule has 7 heteroatoms. The van der Waals surface area contributed by atoms with Crippen molar-refractivity contribution in [1.82, 2.24) is 15.8 Å². The first-order chi connectivity index (χ1) is 12.5. The van der Waals surface area contributed by atoms with E-state index in [1.165, 1.54) is 6.20 Å².